The Morgan fingerprint density at radius 2 is 2.27 bits per heavy atom. The van der Waals surface area contributed by atoms with Gasteiger partial charge in [-0.3, -0.25) is 4.99 Å². The molecule has 80 valence electrons. The highest BCUT2D eigenvalue weighted by atomic mass is 79.9. The molecule has 0 bridgehead atoms. The lowest BCUT2D eigenvalue weighted by Crippen LogP contribution is -1.98. The van der Waals surface area contributed by atoms with E-state index >= 15 is 0 Å². The van der Waals surface area contributed by atoms with Crippen LogP contribution in [0.3, 0.4) is 0 Å². The summed E-state index contributed by atoms with van der Waals surface area (Å²) >= 11 is 3.35. The Morgan fingerprint density at radius 1 is 1.60 bits per heavy atom. The molecule has 1 aromatic rings. The molecule has 0 fully saturated rings. The third-order valence-electron chi connectivity index (χ3n) is 2.00. The van der Waals surface area contributed by atoms with Crippen LogP contribution >= 0.6 is 15.9 Å². The van der Waals surface area contributed by atoms with Gasteiger partial charge in [0.2, 0.25) is 0 Å². The zero-order valence-corrected chi connectivity index (χ0v) is 10.2. The van der Waals surface area contributed by atoms with Crippen molar-refractivity contribution in [1.82, 2.24) is 0 Å². The van der Waals surface area contributed by atoms with Crippen molar-refractivity contribution in [1.29, 1.82) is 0 Å². The van der Waals surface area contributed by atoms with Crippen LogP contribution in [0.15, 0.2) is 21.6 Å². The van der Waals surface area contributed by atoms with Crippen LogP contribution in [0, 0.1) is 6.92 Å². The molecule has 0 heterocycles. The molecule has 0 aliphatic heterocycles. The Balaban J connectivity index is 3.35. The van der Waals surface area contributed by atoms with Gasteiger partial charge in [0.05, 0.1) is 11.3 Å². The van der Waals surface area contributed by atoms with E-state index in [9.17, 15) is 4.79 Å². The van der Waals surface area contributed by atoms with Crippen LogP contribution in [0.1, 0.15) is 29.3 Å². The van der Waals surface area contributed by atoms with Crippen molar-refractivity contribution in [3.8, 4) is 0 Å². The van der Waals surface area contributed by atoms with E-state index in [4.69, 9.17) is 5.11 Å². The number of aromatic carboxylic acids is 1. The maximum Gasteiger partial charge on any atom is 0.337 e. The van der Waals surface area contributed by atoms with Crippen molar-refractivity contribution in [3.05, 3.63) is 27.7 Å². The van der Waals surface area contributed by atoms with Crippen molar-refractivity contribution >= 4 is 33.8 Å². The molecule has 0 saturated carbocycles. The monoisotopic (exact) mass is 269 g/mol. The Labute approximate surface area is 97.0 Å². The smallest absolute Gasteiger partial charge is 0.337 e. The summed E-state index contributed by atoms with van der Waals surface area (Å²) in [6.07, 6.45) is 2.49. The summed E-state index contributed by atoms with van der Waals surface area (Å²) in [6, 6.07) is 3.28. The van der Waals surface area contributed by atoms with Crippen LogP contribution in [0.2, 0.25) is 0 Å². The topological polar surface area (TPSA) is 49.7 Å². The van der Waals surface area contributed by atoms with Crippen molar-refractivity contribution in [3.63, 3.8) is 0 Å². The summed E-state index contributed by atoms with van der Waals surface area (Å²) in [5.41, 5.74) is 1.61. The summed E-state index contributed by atoms with van der Waals surface area (Å²) in [5, 5.41) is 8.99. The number of halogens is 1. The highest BCUT2D eigenvalue weighted by Gasteiger charge is 2.12. The van der Waals surface area contributed by atoms with Gasteiger partial charge in [-0.25, -0.2) is 4.79 Å². The first-order valence-corrected chi connectivity index (χ1v) is 5.42. The number of hydrogen-bond acceptors (Lipinski definition) is 2. The molecule has 1 aromatic carbocycles. The molecule has 1 N–H and O–H groups in total. The maximum absolute atomic E-state index is 11.0. The van der Waals surface area contributed by atoms with Gasteiger partial charge < -0.3 is 5.11 Å². The molecule has 0 spiro atoms. The fraction of sp³-hybridized carbons (Fsp3) is 0.273. The molecular weight excluding hydrogens is 258 g/mol. The number of carboxylic acids is 1. The van der Waals surface area contributed by atoms with E-state index in [0.717, 1.165) is 16.5 Å². The average molecular weight is 270 g/mol. The van der Waals surface area contributed by atoms with Gasteiger partial charge in [-0.2, -0.15) is 0 Å². The molecule has 0 unspecified atom stereocenters. The molecule has 0 aromatic heterocycles. The van der Waals surface area contributed by atoms with Gasteiger partial charge in [-0.05, 0) is 31.0 Å². The zero-order valence-electron chi connectivity index (χ0n) is 8.62. The number of nitrogens with zero attached hydrogens (tertiary/aromatic N) is 1. The summed E-state index contributed by atoms with van der Waals surface area (Å²) in [4.78, 5) is 15.1. The molecular formula is C11H12BrNO2. The van der Waals surface area contributed by atoms with E-state index in [1.54, 1.807) is 18.3 Å². The molecule has 4 heteroatoms. The maximum atomic E-state index is 11.0. The molecule has 0 aliphatic carbocycles. The molecule has 1 rings (SSSR count). The summed E-state index contributed by atoms with van der Waals surface area (Å²) in [7, 11) is 0. The largest absolute Gasteiger partial charge is 0.478 e. The highest BCUT2D eigenvalue weighted by Crippen LogP contribution is 2.30. The van der Waals surface area contributed by atoms with Crippen molar-refractivity contribution < 1.29 is 9.90 Å². The van der Waals surface area contributed by atoms with E-state index in [1.807, 2.05) is 13.8 Å². The van der Waals surface area contributed by atoms with Gasteiger partial charge in [0.25, 0.3) is 0 Å². The predicted octanol–water partition coefficient (Wildman–Crippen LogP) is 3.57. The van der Waals surface area contributed by atoms with Gasteiger partial charge in [-0.15, -0.1) is 0 Å². The number of hydrogen-bond donors (Lipinski definition) is 1. The average Bonchev–Trinajstić information content (AvgIpc) is 2.19. The lowest BCUT2D eigenvalue weighted by molar-refractivity contribution is 0.0697. The van der Waals surface area contributed by atoms with Gasteiger partial charge in [-0.1, -0.05) is 22.9 Å². The molecule has 0 aliphatic rings. The normalized spacial score (nSPS) is 10.9. The number of carboxylic acid groups (broad SMARTS) is 1. The molecule has 0 radical (unpaired) electrons. The standard InChI is InChI=1S/C11H12BrNO2/c1-3-6-13-10-7(2)9(12)5-4-8(10)11(14)15/h4-6H,3H2,1-2H3,(H,14,15). The minimum absolute atomic E-state index is 0.236. The first kappa shape index (κ1) is 11.9. The Bertz CT molecular complexity index is 413. The molecule has 0 amide bonds. The summed E-state index contributed by atoms with van der Waals surface area (Å²) in [6.45, 7) is 3.80. The molecule has 0 saturated heterocycles. The van der Waals surface area contributed by atoms with Crippen LogP contribution < -0.4 is 0 Å². The minimum Gasteiger partial charge on any atom is -0.478 e. The van der Waals surface area contributed by atoms with Crippen molar-refractivity contribution in [2.75, 3.05) is 0 Å². The van der Waals surface area contributed by atoms with Crippen LogP contribution in [-0.4, -0.2) is 17.3 Å². The Kier molecular flexibility index (Phi) is 4.03. The van der Waals surface area contributed by atoms with E-state index in [2.05, 4.69) is 20.9 Å². The van der Waals surface area contributed by atoms with E-state index < -0.39 is 5.97 Å². The number of carbonyl (C=O) groups is 1. The first-order chi connectivity index (χ1) is 7.07. The second kappa shape index (κ2) is 5.07. The summed E-state index contributed by atoms with van der Waals surface area (Å²) < 4.78 is 0.871. The van der Waals surface area contributed by atoms with Crippen molar-refractivity contribution in [2.24, 2.45) is 4.99 Å². The van der Waals surface area contributed by atoms with Gasteiger partial charge in [0.1, 0.15) is 0 Å². The molecule has 0 atom stereocenters. The third kappa shape index (κ3) is 2.65. The number of aliphatic imine (C=N–C) groups is 1. The fourth-order valence-electron chi connectivity index (χ4n) is 1.20. The third-order valence-corrected chi connectivity index (χ3v) is 2.86. The Morgan fingerprint density at radius 3 is 2.80 bits per heavy atom. The van der Waals surface area contributed by atoms with E-state index in [0.29, 0.717) is 5.69 Å². The molecule has 3 nitrogen and oxygen atoms in total. The minimum atomic E-state index is -0.950. The van der Waals surface area contributed by atoms with E-state index in [-0.39, 0.29) is 5.56 Å². The molecule has 15 heavy (non-hydrogen) atoms. The lowest BCUT2D eigenvalue weighted by atomic mass is 10.1. The van der Waals surface area contributed by atoms with Gasteiger partial charge >= 0.3 is 5.97 Å². The first-order valence-electron chi connectivity index (χ1n) is 4.62. The lowest BCUT2D eigenvalue weighted by Gasteiger charge is -2.06. The van der Waals surface area contributed by atoms with Crippen molar-refractivity contribution in [2.45, 2.75) is 20.3 Å². The number of benzene rings is 1. The predicted molar refractivity (Wildman–Crippen MR) is 64.3 cm³/mol. The SMILES string of the molecule is CCC=Nc1c(C(=O)O)ccc(Br)c1C. The van der Waals surface area contributed by atoms with Crippen LogP contribution in [-0.2, 0) is 0 Å². The fourth-order valence-corrected chi connectivity index (χ4v) is 1.52. The highest BCUT2D eigenvalue weighted by molar-refractivity contribution is 9.10. The van der Waals surface area contributed by atoms with E-state index in [1.165, 1.54) is 0 Å². The van der Waals surface area contributed by atoms with Gasteiger partial charge in [0.15, 0.2) is 0 Å². The van der Waals surface area contributed by atoms with Gasteiger partial charge in [0, 0.05) is 10.7 Å². The summed E-state index contributed by atoms with van der Waals surface area (Å²) in [5.74, 6) is -0.950. The second-order valence-electron chi connectivity index (χ2n) is 3.09. The quantitative estimate of drug-likeness (QED) is 0.853. The van der Waals surface area contributed by atoms with Crippen LogP contribution in [0.4, 0.5) is 5.69 Å². The van der Waals surface area contributed by atoms with Crippen LogP contribution in [0.5, 0.6) is 0 Å². The Hall–Kier alpha value is -1.16. The zero-order chi connectivity index (χ0) is 11.4. The number of rotatable bonds is 3. The second-order valence-corrected chi connectivity index (χ2v) is 3.95. The van der Waals surface area contributed by atoms with Crippen LogP contribution in [0.25, 0.3) is 0 Å².